The quantitative estimate of drug-likeness (QED) is 0.780. The number of sulfone groups is 1. The lowest BCUT2D eigenvalue weighted by Crippen LogP contribution is -2.42. The summed E-state index contributed by atoms with van der Waals surface area (Å²) in [6, 6.07) is 6.49. The molecule has 9 heteroatoms. The van der Waals surface area contributed by atoms with Gasteiger partial charge in [-0.25, -0.2) is 8.42 Å². The predicted molar refractivity (Wildman–Crippen MR) is 86.6 cm³/mol. The Morgan fingerprint density at radius 1 is 1.27 bits per heavy atom. The third-order valence-electron chi connectivity index (χ3n) is 3.07. The van der Waals surface area contributed by atoms with E-state index in [0.29, 0.717) is 11.4 Å². The van der Waals surface area contributed by atoms with E-state index < -0.39 is 21.7 Å². The van der Waals surface area contributed by atoms with Crippen LogP contribution in [0, 0.1) is 0 Å². The number of hydrogen-bond donors (Lipinski definition) is 2. The summed E-state index contributed by atoms with van der Waals surface area (Å²) in [6.45, 7) is 0. The van der Waals surface area contributed by atoms with E-state index in [1.807, 2.05) is 0 Å². The van der Waals surface area contributed by atoms with Crippen LogP contribution in [0.25, 0.3) is 0 Å². The van der Waals surface area contributed by atoms with Crippen LogP contribution in [0.5, 0.6) is 0 Å². The summed E-state index contributed by atoms with van der Waals surface area (Å²) in [4.78, 5) is 23.5. The van der Waals surface area contributed by atoms with Crippen molar-refractivity contribution < 1.29 is 18.0 Å². The molecule has 1 aliphatic heterocycles. The van der Waals surface area contributed by atoms with Gasteiger partial charge in [0.15, 0.2) is 9.84 Å². The molecule has 0 unspecified atom stereocenters. The fourth-order valence-corrected chi connectivity index (χ4v) is 5.63. The molecule has 1 atom stereocenters. The van der Waals surface area contributed by atoms with Crippen molar-refractivity contribution in [1.29, 1.82) is 0 Å². The summed E-state index contributed by atoms with van der Waals surface area (Å²) in [5, 5.41) is 0.231. The average Bonchev–Trinajstić information content (AvgIpc) is 2.82. The number of hydrazine groups is 1. The van der Waals surface area contributed by atoms with Crippen molar-refractivity contribution in [2.24, 2.45) is 0 Å². The first-order valence-electron chi connectivity index (χ1n) is 6.53. The largest absolute Gasteiger partial charge is 0.272 e. The lowest BCUT2D eigenvalue weighted by molar-refractivity contribution is -0.119. The van der Waals surface area contributed by atoms with E-state index in [9.17, 15) is 18.0 Å². The lowest BCUT2D eigenvalue weighted by atomic mass is 10.2. The maximum atomic E-state index is 11.8. The molecule has 2 amide bonds. The summed E-state index contributed by atoms with van der Waals surface area (Å²) < 4.78 is 22.6. The smallest absolute Gasteiger partial charge is 0.271 e. The fraction of sp³-hybridized carbons (Fsp3) is 0.385. The van der Waals surface area contributed by atoms with Crippen molar-refractivity contribution in [2.75, 3.05) is 17.3 Å². The molecule has 0 saturated carbocycles. The Morgan fingerprint density at radius 3 is 2.64 bits per heavy atom. The van der Waals surface area contributed by atoms with Crippen LogP contribution in [0.1, 0.15) is 16.8 Å². The van der Waals surface area contributed by atoms with E-state index in [1.165, 1.54) is 11.8 Å². The number of amides is 2. The maximum absolute atomic E-state index is 11.8. The average molecular weight is 363 g/mol. The second-order valence-electron chi connectivity index (χ2n) is 4.82. The number of benzene rings is 1. The van der Waals surface area contributed by atoms with Crippen molar-refractivity contribution in [1.82, 2.24) is 10.9 Å². The molecule has 0 aromatic heterocycles. The van der Waals surface area contributed by atoms with E-state index >= 15 is 0 Å². The van der Waals surface area contributed by atoms with Gasteiger partial charge in [-0.1, -0.05) is 23.7 Å². The second kappa shape index (κ2) is 7.34. The number of halogens is 1. The number of rotatable bonds is 4. The minimum Gasteiger partial charge on any atom is -0.272 e. The van der Waals surface area contributed by atoms with Crippen LogP contribution < -0.4 is 10.9 Å². The molecule has 0 radical (unpaired) electrons. The predicted octanol–water partition coefficient (Wildman–Crippen LogP) is 1.02. The van der Waals surface area contributed by atoms with Gasteiger partial charge in [0.05, 0.1) is 27.8 Å². The number of thioether (sulfide) groups is 1. The zero-order chi connectivity index (χ0) is 16.2. The van der Waals surface area contributed by atoms with Crippen molar-refractivity contribution >= 4 is 45.0 Å². The van der Waals surface area contributed by atoms with Crippen molar-refractivity contribution in [3.05, 3.63) is 34.9 Å². The molecule has 1 aromatic carbocycles. The fourth-order valence-electron chi connectivity index (χ4n) is 1.96. The Bertz CT molecular complexity index is 678. The zero-order valence-corrected chi connectivity index (χ0v) is 13.9. The second-order valence-corrected chi connectivity index (χ2v) is 8.74. The van der Waals surface area contributed by atoms with Crippen LogP contribution in [0.2, 0.25) is 5.02 Å². The van der Waals surface area contributed by atoms with Gasteiger partial charge in [-0.3, -0.25) is 20.4 Å². The Hall–Kier alpha value is -1.25. The number of carbonyl (C=O) groups excluding carboxylic acids is 2. The highest BCUT2D eigenvalue weighted by Crippen LogP contribution is 2.23. The molecule has 1 aliphatic rings. The van der Waals surface area contributed by atoms with Gasteiger partial charge < -0.3 is 0 Å². The van der Waals surface area contributed by atoms with Crippen molar-refractivity contribution in [3.63, 3.8) is 0 Å². The summed E-state index contributed by atoms with van der Waals surface area (Å²) in [5.41, 5.74) is 4.83. The van der Waals surface area contributed by atoms with Gasteiger partial charge in [0.2, 0.25) is 5.91 Å². The number of hydrogen-bond acceptors (Lipinski definition) is 5. The van der Waals surface area contributed by atoms with Crippen LogP contribution in [0.3, 0.4) is 0 Å². The molecule has 120 valence electrons. The Morgan fingerprint density at radius 2 is 2.00 bits per heavy atom. The van der Waals surface area contributed by atoms with E-state index in [0.717, 1.165) is 0 Å². The monoisotopic (exact) mass is 362 g/mol. The van der Waals surface area contributed by atoms with Gasteiger partial charge in [-0.2, -0.15) is 0 Å². The van der Waals surface area contributed by atoms with Gasteiger partial charge in [-0.05, 0) is 18.6 Å². The van der Waals surface area contributed by atoms with Crippen molar-refractivity contribution in [3.8, 4) is 0 Å². The summed E-state index contributed by atoms with van der Waals surface area (Å²) in [5.74, 6) is -0.530. The Kier molecular flexibility index (Phi) is 5.71. The molecule has 1 saturated heterocycles. The highest BCUT2D eigenvalue weighted by molar-refractivity contribution is 8.02. The molecule has 6 nitrogen and oxygen atoms in total. The summed E-state index contributed by atoms with van der Waals surface area (Å²) >= 11 is 7.15. The van der Waals surface area contributed by atoms with Gasteiger partial charge in [0, 0.05) is 5.25 Å². The van der Waals surface area contributed by atoms with Crippen LogP contribution in [-0.4, -0.2) is 42.7 Å². The molecule has 22 heavy (non-hydrogen) atoms. The SMILES string of the molecule is O=C(CS[C@@H]1CCS(=O)(=O)C1)NNC(=O)c1ccccc1Cl. The Labute approximate surface area is 137 Å². The van der Waals surface area contributed by atoms with Gasteiger partial charge in [-0.15, -0.1) is 11.8 Å². The van der Waals surface area contributed by atoms with Gasteiger partial charge >= 0.3 is 0 Å². The summed E-state index contributed by atoms with van der Waals surface area (Å²) in [7, 11) is -2.95. The molecule has 1 aromatic rings. The first-order chi connectivity index (χ1) is 10.4. The molecular weight excluding hydrogens is 348 g/mol. The lowest BCUT2D eigenvalue weighted by Gasteiger charge is -2.10. The zero-order valence-electron chi connectivity index (χ0n) is 11.5. The minimum atomic E-state index is -2.95. The van der Waals surface area contributed by atoms with Crippen LogP contribution in [0.15, 0.2) is 24.3 Å². The molecule has 0 bridgehead atoms. The van der Waals surface area contributed by atoms with E-state index in [4.69, 9.17) is 11.6 Å². The summed E-state index contributed by atoms with van der Waals surface area (Å²) in [6.07, 6.45) is 0.562. The normalized spacial score (nSPS) is 19.6. The van der Waals surface area contributed by atoms with Crippen molar-refractivity contribution in [2.45, 2.75) is 11.7 Å². The molecule has 0 aliphatic carbocycles. The van der Waals surface area contributed by atoms with Crippen LogP contribution in [-0.2, 0) is 14.6 Å². The topological polar surface area (TPSA) is 92.3 Å². The maximum Gasteiger partial charge on any atom is 0.271 e. The third kappa shape index (κ3) is 4.89. The van der Waals surface area contributed by atoms with E-state index in [-0.39, 0.29) is 28.1 Å². The molecule has 2 N–H and O–H groups in total. The first-order valence-corrected chi connectivity index (χ1v) is 9.78. The van der Waals surface area contributed by atoms with E-state index in [1.54, 1.807) is 24.3 Å². The molecular formula is C13H15ClN2O4S2. The highest BCUT2D eigenvalue weighted by Gasteiger charge is 2.28. The third-order valence-corrected chi connectivity index (χ3v) is 6.69. The molecule has 2 rings (SSSR count). The number of carbonyl (C=O) groups is 2. The molecule has 1 fully saturated rings. The minimum absolute atomic E-state index is 0.0602. The number of nitrogens with one attached hydrogen (secondary N) is 2. The molecule has 1 heterocycles. The highest BCUT2D eigenvalue weighted by atomic mass is 35.5. The van der Waals surface area contributed by atoms with E-state index in [2.05, 4.69) is 10.9 Å². The van der Waals surface area contributed by atoms with Gasteiger partial charge in [0.1, 0.15) is 0 Å². The molecule has 0 spiro atoms. The first kappa shape index (κ1) is 17.1. The standard InChI is InChI=1S/C13H15ClN2O4S2/c14-11-4-2-1-3-10(11)13(18)16-15-12(17)7-21-9-5-6-22(19,20)8-9/h1-4,9H,5-8H2,(H,15,17)(H,16,18)/t9-/m1/s1. The van der Waals surface area contributed by atoms with Gasteiger partial charge in [0.25, 0.3) is 5.91 Å². The Balaban J connectivity index is 1.74. The van der Waals surface area contributed by atoms with Crippen LogP contribution in [0.4, 0.5) is 0 Å². The van der Waals surface area contributed by atoms with Crippen LogP contribution >= 0.6 is 23.4 Å².